The zero-order valence-corrected chi connectivity index (χ0v) is 16.7. The van der Waals surface area contributed by atoms with E-state index in [1.165, 1.54) is 0 Å². The normalized spacial score (nSPS) is 9.83. The van der Waals surface area contributed by atoms with E-state index in [9.17, 15) is 14.4 Å². The second-order valence-electron chi connectivity index (χ2n) is 5.93. The molecule has 2 aromatic rings. The van der Waals surface area contributed by atoms with Crippen molar-refractivity contribution in [2.45, 2.75) is 19.8 Å². The van der Waals surface area contributed by atoms with E-state index in [2.05, 4.69) is 21.5 Å². The Kier molecular flexibility index (Phi) is 8.58. The van der Waals surface area contributed by atoms with Crippen LogP contribution in [0.5, 0.6) is 5.75 Å². The summed E-state index contributed by atoms with van der Waals surface area (Å²) in [6.45, 7) is 1.70. The average Bonchev–Trinajstić information content (AvgIpc) is 2.72. The molecule has 0 saturated heterocycles. The molecule has 152 valence electrons. The molecule has 0 fully saturated rings. The van der Waals surface area contributed by atoms with Gasteiger partial charge in [-0.2, -0.15) is 0 Å². The van der Waals surface area contributed by atoms with Gasteiger partial charge in [0.25, 0.3) is 11.8 Å². The highest BCUT2D eigenvalue weighted by atomic mass is 32.1. The van der Waals surface area contributed by atoms with Gasteiger partial charge in [-0.25, -0.2) is 0 Å². The summed E-state index contributed by atoms with van der Waals surface area (Å²) in [7, 11) is 0. The number of thiocarbonyl (C=S) groups is 1. The number of hydrazine groups is 1. The summed E-state index contributed by atoms with van der Waals surface area (Å²) in [5, 5.41) is 5.07. The van der Waals surface area contributed by atoms with Crippen LogP contribution in [0.15, 0.2) is 54.6 Å². The quantitative estimate of drug-likeness (QED) is 0.408. The molecular weight excluding hydrogens is 392 g/mol. The maximum Gasteiger partial charge on any atom is 0.269 e. The molecule has 2 rings (SSSR count). The number of benzene rings is 2. The number of hydrogen-bond donors (Lipinski definition) is 4. The monoisotopic (exact) mass is 414 g/mol. The molecular formula is C20H22N4O4S. The number of amides is 3. The molecule has 0 saturated carbocycles. The van der Waals surface area contributed by atoms with Crippen LogP contribution in [0.1, 0.15) is 30.1 Å². The Labute approximate surface area is 174 Å². The summed E-state index contributed by atoms with van der Waals surface area (Å²) in [5.41, 5.74) is 5.79. The lowest BCUT2D eigenvalue weighted by Crippen LogP contribution is -2.49. The van der Waals surface area contributed by atoms with Gasteiger partial charge in [0.1, 0.15) is 5.75 Å². The third-order valence-electron chi connectivity index (χ3n) is 3.56. The highest BCUT2D eigenvalue weighted by Gasteiger charge is 2.09. The molecule has 0 aliphatic rings. The minimum atomic E-state index is -0.465. The van der Waals surface area contributed by atoms with E-state index in [0.29, 0.717) is 23.4 Å². The molecule has 9 heteroatoms. The van der Waals surface area contributed by atoms with E-state index >= 15 is 0 Å². The van der Waals surface area contributed by atoms with Gasteiger partial charge in [0.2, 0.25) is 5.91 Å². The summed E-state index contributed by atoms with van der Waals surface area (Å²) in [4.78, 5) is 35.5. The van der Waals surface area contributed by atoms with E-state index in [4.69, 9.17) is 17.0 Å². The van der Waals surface area contributed by atoms with Gasteiger partial charge in [-0.1, -0.05) is 25.1 Å². The van der Waals surface area contributed by atoms with Crippen molar-refractivity contribution in [2.75, 3.05) is 11.9 Å². The van der Waals surface area contributed by atoms with Crippen molar-refractivity contribution >= 4 is 40.7 Å². The van der Waals surface area contributed by atoms with Crippen LogP contribution in [-0.2, 0) is 9.59 Å². The van der Waals surface area contributed by atoms with Gasteiger partial charge in [-0.3, -0.25) is 30.6 Å². The summed E-state index contributed by atoms with van der Waals surface area (Å²) >= 11 is 4.96. The van der Waals surface area contributed by atoms with Gasteiger partial charge in [0.05, 0.1) is 0 Å². The van der Waals surface area contributed by atoms with Gasteiger partial charge in [0.15, 0.2) is 11.7 Å². The van der Waals surface area contributed by atoms with Gasteiger partial charge < -0.3 is 10.1 Å². The molecule has 2 aromatic carbocycles. The zero-order valence-electron chi connectivity index (χ0n) is 15.9. The fourth-order valence-electron chi connectivity index (χ4n) is 2.20. The molecule has 0 atom stereocenters. The zero-order chi connectivity index (χ0) is 21.1. The molecule has 29 heavy (non-hydrogen) atoms. The van der Waals surface area contributed by atoms with Crippen LogP contribution in [0.25, 0.3) is 0 Å². The van der Waals surface area contributed by atoms with Crippen molar-refractivity contribution in [1.82, 2.24) is 16.2 Å². The first-order chi connectivity index (χ1) is 14.0. The number of para-hydroxylation sites is 1. The molecule has 3 amide bonds. The molecule has 0 aromatic heterocycles. The Morgan fingerprint density at radius 3 is 2.28 bits per heavy atom. The van der Waals surface area contributed by atoms with Gasteiger partial charge in [0, 0.05) is 17.7 Å². The molecule has 0 bridgehead atoms. The van der Waals surface area contributed by atoms with Crippen molar-refractivity contribution in [3.05, 3.63) is 60.2 Å². The highest BCUT2D eigenvalue weighted by molar-refractivity contribution is 7.80. The van der Waals surface area contributed by atoms with Gasteiger partial charge in [-0.15, -0.1) is 0 Å². The maximum atomic E-state index is 12.1. The van der Waals surface area contributed by atoms with E-state index < -0.39 is 11.8 Å². The van der Waals surface area contributed by atoms with Crippen molar-refractivity contribution in [3.8, 4) is 5.75 Å². The van der Waals surface area contributed by atoms with Crippen LogP contribution in [0.2, 0.25) is 0 Å². The number of carbonyl (C=O) groups is 3. The number of rotatable bonds is 7. The van der Waals surface area contributed by atoms with E-state index in [1.807, 2.05) is 13.0 Å². The third kappa shape index (κ3) is 7.97. The minimum Gasteiger partial charge on any atom is -0.484 e. The molecule has 8 nitrogen and oxygen atoms in total. The SMILES string of the molecule is CCCC(=O)Nc1ccc(C(=O)NNC(=S)NC(=O)COc2ccccc2)cc1. The Bertz CT molecular complexity index is 857. The first-order valence-electron chi connectivity index (χ1n) is 8.96. The van der Waals surface area contributed by atoms with E-state index in [1.54, 1.807) is 48.5 Å². The minimum absolute atomic E-state index is 0.0662. The largest absolute Gasteiger partial charge is 0.484 e. The maximum absolute atomic E-state index is 12.1. The fraction of sp³-hybridized carbons (Fsp3) is 0.200. The van der Waals surface area contributed by atoms with Crippen molar-refractivity contribution in [1.29, 1.82) is 0 Å². The molecule has 0 unspecified atom stereocenters. The smallest absolute Gasteiger partial charge is 0.269 e. The van der Waals surface area contributed by atoms with Crippen LogP contribution in [0.4, 0.5) is 5.69 Å². The van der Waals surface area contributed by atoms with E-state index in [0.717, 1.165) is 6.42 Å². The number of anilines is 1. The van der Waals surface area contributed by atoms with Crippen molar-refractivity contribution in [3.63, 3.8) is 0 Å². The van der Waals surface area contributed by atoms with Crippen LogP contribution < -0.4 is 26.2 Å². The number of nitrogens with one attached hydrogen (secondary N) is 4. The second-order valence-corrected chi connectivity index (χ2v) is 6.34. The van der Waals surface area contributed by atoms with Crippen molar-refractivity contribution < 1.29 is 19.1 Å². The number of hydrogen-bond acceptors (Lipinski definition) is 5. The average molecular weight is 414 g/mol. The highest BCUT2D eigenvalue weighted by Crippen LogP contribution is 2.10. The fourth-order valence-corrected chi connectivity index (χ4v) is 2.37. The number of carbonyl (C=O) groups excluding carboxylic acids is 3. The lowest BCUT2D eigenvalue weighted by atomic mass is 10.2. The van der Waals surface area contributed by atoms with Crippen LogP contribution in [0.3, 0.4) is 0 Å². The summed E-state index contributed by atoms with van der Waals surface area (Å²) in [6.07, 6.45) is 1.19. The predicted molar refractivity (Wildman–Crippen MR) is 113 cm³/mol. The second kappa shape index (κ2) is 11.4. The van der Waals surface area contributed by atoms with Crippen LogP contribution in [-0.4, -0.2) is 29.4 Å². The van der Waals surface area contributed by atoms with Gasteiger partial charge >= 0.3 is 0 Å². The third-order valence-corrected chi connectivity index (χ3v) is 3.77. The van der Waals surface area contributed by atoms with Crippen LogP contribution in [0, 0.1) is 0 Å². The topological polar surface area (TPSA) is 109 Å². The molecule has 0 radical (unpaired) electrons. The first kappa shape index (κ1) is 21.8. The molecule has 0 aliphatic carbocycles. The Hall–Kier alpha value is -3.46. The predicted octanol–water partition coefficient (Wildman–Crippen LogP) is 2.14. The standard InChI is InChI=1S/C20H22N4O4S/c1-2-6-17(25)21-15-11-9-14(10-12-15)19(27)23-24-20(29)22-18(26)13-28-16-7-4-3-5-8-16/h3-5,7-12H,2,6,13H2,1H3,(H,21,25)(H,23,27)(H2,22,24,26,29). The molecule has 0 heterocycles. The van der Waals surface area contributed by atoms with Crippen molar-refractivity contribution in [2.24, 2.45) is 0 Å². The van der Waals surface area contributed by atoms with E-state index in [-0.39, 0.29) is 17.6 Å². The molecule has 0 spiro atoms. The Morgan fingerprint density at radius 1 is 0.931 bits per heavy atom. The first-order valence-corrected chi connectivity index (χ1v) is 9.36. The summed E-state index contributed by atoms with van der Waals surface area (Å²) in [5.74, 6) is -0.436. The molecule has 4 N–H and O–H groups in total. The lowest BCUT2D eigenvalue weighted by molar-refractivity contribution is -0.121. The van der Waals surface area contributed by atoms with Crippen LogP contribution >= 0.6 is 12.2 Å². The Morgan fingerprint density at radius 2 is 1.62 bits per heavy atom. The molecule has 0 aliphatic heterocycles. The lowest BCUT2D eigenvalue weighted by Gasteiger charge is -2.11. The Balaban J connectivity index is 1.72. The van der Waals surface area contributed by atoms with Gasteiger partial charge in [-0.05, 0) is 55.0 Å². The summed E-state index contributed by atoms with van der Waals surface area (Å²) < 4.78 is 5.30. The summed E-state index contributed by atoms with van der Waals surface area (Å²) in [6, 6.07) is 15.3. The number of ether oxygens (including phenoxy) is 1.